The van der Waals surface area contributed by atoms with Crippen LogP contribution in [0.4, 0.5) is 5.82 Å². The molecule has 6 aromatic rings. The van der Waals surface area contributed by atoms with Gasteiger partial charge >= 0.3 is 0 Å². The first-order valence-electron chi connectivity index (χ1n) is 12.8. The van der Waals surface area contributed by atoms with Gasteiger partial charge in [-0.3, -0.25) is 19.1 Å². The van der Waals surface area contributed by atoms with Gasteiger partial charge in [0.1, 0.15) is 11.4 Å². The molecule has 0 spiro atoms. The van der Waals surface area contributed by atoms with Crippen molar-refractivity contribution < 1.29 is 4.79 Å². The van der Waals surface area contributed by atoms with E-state index in [1.54, 1.807) is 35.5 Å². The SMILES string of the molecule is CC(C)c1ccn2nc(N)c(C(=O)N[C@@H](C)c3nc4cccc(-c5cncs5)c4c(=O)n3-c3ccccc3)c2n1. The van der Waals surface area contributed by atoms with Gasteiger partial charge < -0.3 is 11.1 Å². The molecule has 0 saturated carbocycles. The van der Waals surface area contributed by atoms with Crippen LogP contribution in [-0.4, -0.2) is 35.0 Å². The number of nitrogens with two attached hydrogens (primary N) is 1. The topological polar surface area (TPSA) is 133 Å². The lowest BCUT2D eigenvalue weighted by Gasteiger charge is -2.20. The van der Waals surface area contributed by atoms with Crippen LogP contribution in [0.3, 0.4) is 0 Å². The lowest BCUT2D eigenvalue weighted by Crippen LogP contribution is -2.33. The van der Waals surface area contributed by atoms with Gasteiger partial charge in [-0.15, -0.1) is 16.4 Å². The average Bonchev–Trinajstić information content (AvgIpc) is 3.60. The molecule has 6 rings (SSSR count). The minimum atomic E-state index is -0.667. The Morgan fingerprint density at radius 1 is 1.02 bits per heavy atom. The number of carbonyl (C=O) groups excluding carboxylic acids is 1. The summed E-state index contributed by atoms with van der Waals surface area (Å²) in [4.78, 5) is 42.4. The first-order valence-corrected chi connectivity index (χ1v) is 13.7. The summed E-state index contributed by atoms with van der Waals surface area (Å²) in [7, 11) is 0. The zero-order chi connectivity index (χ0) is 28.0. The highest BCUT2D eigenvalue weighted by Crippen LogP contribution is 2.30. The van der Waals surface area contributed by atoms with Gasteiger partial charge in [0.15, 0.2) is 11.5 Å². The Bertz CT molecular complexity index is 1930. The van der Waals surface area contributed by atoms with Gasteiger partial charge in [-0.25, -0.2) is 14.5 Å². The van der Waals surface area contributed by atoms with E-state index >= 15 is 0 Å². The van der Waals surface area contributed by atoms with E-state index in [4.69, 9.17) is 10.7 Å². The Hall–Kier alpha value is -4.90. The van der Waals surface area contributed by atoms with E-state index in [1.807, 2.05) is 62.4 Å². The third kappa shape index (κ3) is 4.30. The van der Waals surface area contributed by atoms with E-state index in [0.717, 1.165) is 16.1 Å². The van der Waals surface area contributed by atoms with Crippen LogP contribution >= 0.6 is 11.3 Å². The molecular weight excluding hydrogens is 524 g/mol. The van der Waals surface area contributed by atoms with Crippen LogP contribution in [0.1, 0.15) is 54.6 Å². The molecule has 1 amide bonds. The van der Waals surface area contributed by atoms with Crippen molar-refractivity contribution >= 4 is 39.6 Å². The summed E-state index contributed by atoms with van der Waals surface area (Å²) in [6.45, 7) is 5.83. The van der Waals surface area contributed by atoms with Crippen molar-refractivity contribution in [1.82, 2.24) is 34.4 Å². The van der Waals surface area contributed by atoms with Crippen molar-refractivity contribution in [1.29, 1.82) is 0 Å². The van der Waals surface area contributed by atoms with Crippen LogP contribution in [0.15, 0.2) is 77.3 Å². The minimum Gasteiger partial charge on any atom is -0.381 e. The van der Waals surface area contributed by atoms with E-state index in [-0.39, 0.29) is 22.9 Å². The molecule has 0 aliphatic heterocycles. The summed E-state index contributed by atoms with van der Waals surface area (Å²) in [5.74, 6) is 0.150. The molecule has 0 fully saturated rings. The molecule has 0 aliphatic rings. The van der Waals surface area contributed by atoms with Crippen LogP contribution < -0.4 is 16.6 Å². The number of nitrogens with zero attached hydrogens (tertiary/aromatic N) is 6. The molecule has 11 heteroatoms. The van der Waals surface area contributed by atoms with Gasteiger partial charge in [0.25, 0.3) is 11.5 Å². The molecule has 0 saturated heterocycles. The third-order valence-corrected chi connectivity index (χ3v) is 7.53. The number of para-hydroxylation sites is 1. The summed E-state index contributed by atoms with van der Waals surface area (Å²) >= 11 is 1.45. The molecule has 2 aromatic carbocycles. The van der Waals surface area contributed by atoms with Gasteiger partial charge in [0, 0.05) is 23.7 Å². The second-order valence-corrected chi connectivity index (χ2v) is 10.6. The largest absolute Gasteiger partial charge is 0.381 e. The molecule has 0 unspecified atom stereocenters. The highest BCUT2D eigenvalue weighted by molar-refractivity contribution is 7.13. The summed E-state index contributed by atoms with van der Waals surface area (Å²) in [6, 6.07) is 16.0. The Morgan fingerprint density at radius 2 is 1.82 bits per heavy atom. The first kappa shape index (κ1) is 25.4. The number of hydrogen-bond donors (Lipinski definition) is 2. The maximum atomic E-state index is 14.2. The summed E-state index contributed by atoms with van der Waals surface area (Å²) < 4.78 is 3.04. The summed E-state index contributed by atoms with van der Waals surface area (Å²) in [5.41, 5.74) is 10.9. The predicted molar refractivity (Wildman–Crippen MR) is 156 cm³/mol. The summed E-state index contributed by atoms with van der Waals surface area (Å²) in [5, 5.41) is 7.73. The molecule has 10 nitrogen and oxygen atoms in total. The number of aromatic nitrogens is 6. The number of benzene rings is 2. The van der Waals surface area contributed by atoms with E-state index in [9.17, 15) is 9.59 Å². The normalized spacial score (nSPS) is 12.3. The van der Waals surface area contributed by atoms with Gasteiger partial charge in [0.05, 0.1) is 33.0 Å². The van der Waals surface area contributed by atoms with Crippen LogP contribution in [0.5, 0.6) is 0 Å². The lowest BCUT2D eigenvalue weighted by molar-refractivity contribution is 0.0940. The predicted octanol–water partition coefficient (Wildman–Crippen LogP) is 4.75. The second kappa shape index (κ2) is 10.0. The van der Waals surface area contributed by atoms with Crippen LogP contribution in [-0.2, 0) is 0 Å². The number of fused-ring (bicyclic) bond motifs is 2. The van der Waals surface area contributed by atoms with E-state index < -0.39 is 11.9 Å². The molecule has 0 radical (unpaired) electrons. The zero-order valence-corrected chi connectivity index (χ0v) is 22.9. The Labute approximate surface area is 233 Å². The average molecular weight is 551 g/mol. The Kier molecular flexibility index (Phi) is 6.35. The quantitative estimate of drug-likeness (QED) is 0.306. The lowest BCUT2D eigenvalue weighted by atomic mass is 10.1. The van der Waals surface area contributed by atoms with Gasteiger partial charge in [-0.2, -0.15) is 0 Å². The number of rotatable bonds is 6. The van der Waals surface area contributed by atoms with Crippen LogP contribution in [0.25, 0.3) is 32.7 Å². The van der Waals surface area contributed by atoms with Crippen LogP contribution in [0.2, 0.25) is 0 Å². The Morgan fingerprint density at radius 3 is 2.55 bits per heavy atom. The number of carbonyl (C=O) groups is 1. The van der Waals surface area contributed by atoms with E-state index in [1.165, 1.54) is 15.9 Å². The first-order chi connectivity index (χ1) is 19.3. The van der Waals surface area contributed by atoms with Crippen molar-refractivity contribution in [2.75, 3.05) is 5.73 Å². The standard InChI is InChI=1S/C29H26N8O2S/c1-16(2)20-12-13-36-27(33-20)24(25(30)35-36)28(38)32-17(3)26-34-21-11-7-10-19(22-14-31-15-40-22)23(21)29(39)37(26)18-8-5-4-6-9-18/h4-17H,1-3H3,(H2,30,35)(H,32,38)/t17-/m0/s1. The number of thiazole rings is 1. The fourth-order valence-corrected chi connectivity index (χ4v) is 5.41. The molecule has 4 heterocycles. The number of nitrogen functional groups attached to an aromatic ring is 1. The van der Waals surface area contributed by atoms with Crippen LogP contribution in [0, 0.1) is 0 Å². The molecule has 4 aromatic heterocycles. The highest BCUT2D eigenvalue weighted by Gasteiger charge is 2.25. The maximum absolute atomic E-state index is 14.2. The van der Waals surface area contributed by atoms with Crippen molar-refractivity contribution in [3.05, 3.63) is 99.9 Å². The highest BCUT2D eigenvalue weighted by atomic mass is 32.1. The van der Waals surface area contributed by atoms with E-state index in [2.05, 4.69) is 20.4 Å². The fraction of sp³-hybridized carbons (Fsp3) is 0.172. The van der Waals surface area contributed by atoms with Crippen molar-refractivity contribution in [2.45, 2.75) is 32.7 Å². The van der Waals surface area contributed by atoms with Gasteiger partial charge in [0.2, 0.25) is 0 Å². The van der Waals surface area contributed by atoms with E-state index in [0.29, 0.717) is 28.1 Å². The molecular formula is C29H26N8O2S. The van der Waals surface area contributed by atoms with Gasteiger partial charge in [-0.05, 0) is 37.1 Å². The molecule has 1 atom stereocenters. The monoisotopic (exact) mass is 550 g/mol. The molecule has 0 aliphatic carbocycles. The molecule has 200 valence electrons. The fourth-order valence-electron chi connectivity index (χ4n) is 4.75. The zero-order valence-electron chi connectivity index (χ0n) is 22.1. The summed E-state index contributed by atoms with van der Waals surface area (Å²) in [6.07, 6.45) is 3.48. The smallest absolute Gasteiger partial charge is 0.266 e. The molecule has 40 heavy (non-hydrogen) atoms. The van der Waals surface area contributed by atoms with Crippen molar-refractivity contribution in [2.24, 2.45) is 0 Å². The number of amides is 1. The van der Waals surface area contributed by atoms with Gasteiger partial charge in [-0.1, -0.05) is 44.2 Å². The molecule has 3 N–H and O–H groups in total. The third-order valence-electron chi connectivity index (χ3n) is 6.72. The molecule has 0 bridgehead atoms. The maximum Gasteiger partial charge on any atom is 0.266 e. The number of nitrogens with one attached hydrogen (secondary N) is 1. The Balaban J connectivity index is 1.48. The second-order valence-electron chi connectivity index (χ2n) is 9.74. The number of hydrogen-bond acceptors (Lipinski definition) is 8. The van der Waals surface area contributed by atoms with Crippen molar-refractivity contribution in [3.8, 4) is 16.1 Å². The number of anilines is 1. The minimum absolute atomic E-state index is 0.0687. The van der Waals surface area contributed by atoms with Crippen molar-refractivity contribution in [3.63, 3.8) is 0 Å².